The van der Waals surface area contributed by atoms with E-state index in [2.05, 4.69) is 12.1 Å². The molecule has 0 fully saturated rings. The number of rotatable bonds is 3. The van der Waals surface area contributed by atoms with Crippen molar-refractivity contribution in [3.05, 3.63) is 65.2 Å². The van der Waals surface area contributed by atoms with Gasteiger partial charge in [0.2, 0.25) is 0 Å². The fraction of sp³-hybridized carbons (Fsp3) is 0.294. The van der Waals surface area contributed by atoms with Crippen molar-refractivity contribution in [3.63, 3.8) is 0 Å². The van der Waals surface area contributed by atoms with Crippen molar-refractivity contribution >= 4 is 9.84 Å². The van der Waals surface area contributed by atoms with Gasteiger partial charge in [0.25, 0.3) is 0 Å². The number of fused-ring (bicyclic) bond motifs is 1. The number of benzene rings is 2. The predicted molar refractivity (Wildman–Crippen MR) is 84.2 cm³/mol. The fourth-order valence-corrected chi connectivity index (χ4v) is 5.09. The lowest BCUT2D eigenvalue weighted by atomic mass is 9.82. The highest BCUT2D eigenvalue weighted by Gasteiger charge is 2.38. The average Bonchev–Trinajstić information content (AvgIpc) is 2.74. The molecule has 0 aromatic heterocycles. The molecule has 0 bridgehead atoms. The van der Waals surface area contributed by atoms with Gasteiger partial charge in [-0.1, -0.05) is 48.0 Å². The minimum atomic E-state index is -3.18. The minimum absolute atomic E-state index is 0.0315. The summed E-state index contributed by atoms with van der Waals surface area (Å²) in [7, 11) is -3.18. The van der Waals surface area contributed by atoms with Crippen LogP contribution < -0.4 is 5.73 Å². The summed E-state index contributed by atoms with van der Waals surface area (Å²) in [5, 5.41) is 0. The number of nitrogens with two attached hydrogens (primary N) is 1. The van der Waals surface area contributed by atoms with Crippen LogP contribution in [-0.4, -0.2) is 20.7 Å². The van der Waals surface area contributed by atoms with E-state index in [-0.39, 0.29) is 17.6 Å². The summed E-state index contributed by atoms with van der Waals surface area (Å²) in [5.41, 5.74) is 9.18. The summed E-state index contributed by atoms with van der Waals surface area (Å²) in [6.45, 7) is 2.48. The van der Waals surface area contributed by atoms with Gasteiger partial charge >= 0.3 is 0 Å². The zero-order chi connectivity index (χ0) is 15.0. The summed E-state index contributed by atoms with van der Waals surface area (Å²) in [5.74, 6) is 0.130. The summed E-state index contributed by atoms with van der Waals surface area (Å²) in [4.78, 5) is 0.473. The zero-order valence-electron chi connectivity index (χ0n) is 12.0. The Balaban J connectivity index is 2.05. The number of sulfone groups is 1. The Hall–Kier alpha value is -1.65. The van der Waals surface area contributed by atoms with Crippen molar-refractivity contribution in [3.8, 4) is 0 Å². The topological polar surface area (TPSA) is 60.2 Å². The van der Waals surface area contributed by atoms with Crippen LogP contribution in [0.1, 0.15) is 28.5 Å². The largest absolute Gasteiger partial charge is 0.330 e. The quantitative estimate of drug-likeness (QED) is 0.948. The molecule has 1 aliphatic heterocycles. The van der Waals surface area contributed by atoms with Crippen LogP contribution in [0.3, 0.4) is 0 Å². The summed E-state index contributed by atoms with van der Waals surface area (Å²) >= 11 is 0. The van der Waals surface area contributed by atoms with E-state index >= 15 is 0 Å². The maximum atomic E-state index is 12.3. The van der Waals surface area contributed by atoms with Crippen molar-refractivity contribution in [2.24, 2.45) is 5.73 Å². The Bertz CT molecular complexity index is 751. The molecule has 0 radical (unpaired) electrons. The van der Waals surface area contributed by atoms with Gasteiger partial charge in [-0.2, -0.15) is 0 Å². The molecule has 2 N–H and O–H groups in total. The van der Waals surface area contributed by atoms with Crippen LogP contribution in [0.2, 0.25) is 0 Å². The van der Waals surface area contributed by atoms with E-state index in [0.717, 1.165) is 11.1 Å². The van der Waals surface area contributed by atoms with Crippen molar-refractivity contribution in [1.29, 1.82) is 0 Å². The molecule has 110 valence electrons. The van der Waals surface area contributed by atoms with Gasteiger partial charge in [-0.25, -0.2) is 8.42 Å². The van der Waals surface area contributed by atoms with Gasteiger partial charge < -0.3 is 5.73 Å². The molecule has 0 aliphatic carbocycles. The molecule has 2 aromatic rings. The van der Waals surface area contributed by atoms with Crippen molar-refractivity contribution in [2.45, 2.75) is 23.7 Å². The van der Waals surface area contributed by atoms with Crippen LogP contribution >= 0.6 is 0 Å². The first-order chi connectivity index (χ1) is 10.0. The summed E-state index contributed by atoms with van der Waals surface area (Å²) in [6.07, 6.45) is 0. The lowest BCUT2D eigenvalue weighted by Crippen LogP contribution is -2.21. The Morgan fingerprint density at radius 3 is 2.48 bits per heavy atom. The highest BCUT2D eigenvalue weighted by molar-refractivity contribution is 7.91. The molecule has 2 aromatic carbocycles. The SMILES string of the molecule is Cc1ccc(C(CN)C2CS(=O)(=O)c3ccccc32)cc1. The molecular weight excluding hydrogens is 282 g/mol. The van der Waals surface area contributed by atoms with Crippen molar-refractivity contribution in [2.75, 3.05) is 12.3 Å². The molecule has 3 nitrogen and oxygen atoms in total. The third kappa shape index (κ3) is 2.49. The van der Waals surface area contributed by atoms with Crippen LogP contribution in [-0.2, 0) is 9.84 Å². The minimum Gasteiger partial charge on any atom is -0.330 e. The van der Waals surface area contributed by atoms with Gasteiger partial charge in [-0.15, -0.1) is 0 Å². The number of aryl methyl sites for hydroxylation is 1. The highest BCUT2D eigenvalue weighted by atomic mass is 32.2. The lowest BCUT2D eigenvalue weighted by molar-refractivity contribution is 0.573. The van der Waals surface area contributed by atoms with Crippen molar-refractivity contribution < 1.29 is 8.42 Å². The maximum Gasteiger partial charge on any atom is 0.179 e. The summed E-state index contributed by atoms with van der Waals surface area (Å²) < 4.78 is 24.7. The van der Waals surface area contributed by atoms with Crippen LogP contribution in [0.5, 0.6) is 0 Å². The van der Waals surface area contributed by atoms with Crippen LogP contribution in [0, 0.1) is 6.92 Å². The maximum absolute atomic E-state index is 12.3. The number of hydrogen-bond acceptors (Lipinski definition) is 3. The Morgan fingerprint density at radius 2 is 1.81 bits per heavy atom. The van der Waals surface area contributed by atoms with Crippen LogP contribution in [0.4, 0.5) is 0 Å². The van der Waals surface area contributed by atoms with Crippen molar-refractivity contribution in [1.82, 2.24) is 0 Å². The Kier molecular flexibility index (Phi) is 3.59. The highest BCUT2D eigenvalue weighted by Crippen LogP contribution is 2.42. The zero-order valence-corrected chi connectivity index (χ0v) is 12.8. The molecule has 21 heavy (non-hydrogen) atoms. The summed E-state index contributed by atoms with van der Waals surface area (Å²) in [6, 6.07) is 15.5. The third-order valence-electron chi connectivity index (χ3n) is 4.30. The van der Waals surface area contributed by atoms with E-state index in [1.807, 2.05) is 31.2 Å². The van der Waals surface area contributed by atoms with E-state index in [4.69, 9.17) is 5.73 Å². The molecule has 1 heterocycles. The van der Waals surface area contributed by atoms with Crippen LogP contribution in [0.25, 0.3) is 0 Å². The first-order valence-electron chi connectivity index (χ1n) is 7.11. The van der Waals surface area contributed by atoms with E-state index in [0.29, 0.717) is 11.4 Å². The molecule has 0 saturated carbocycles. The molecule has 2 unspecified atom stereocenters. The second-order valence-electron chi connectivity index (χ2n) is 5.68. The molecule has 0 saturated heterocycles. The first kappa shape index (κ1) is 14.3. The smallest absolute Gasteiger partial charge is 0.179 e. The van der Waals surface area contributed by atoms with E-state index in [1.54, 1.807) is 12.1 Å². The van der Waals surface area contributed by atoms with Crippen LogP contribution in [0.15, 0.2) is 53.4 Å². The molecule has 0 amide bonds. The predicted octanol–water partition coefficient (Wildman–Crippen LogP) is 2.61. The molecule has 0 spiro atoms. The molecule has 4 heteroatoms. The second-order valence-corrected chi connectivity index (χ2v) is 7.68. The molecular formula is C17H19NO2S. The third-order valence-corrected chi connectivity index (χ3v) is 6.14. The normalized spacial score (nSPS) is 21.0. The van der Waals surface area contributed by atoms with Gasteiger partial charge in [0.15, 0.2) is 9.84 Å². The van der Waals surface area contributed by atoms with Gasteiger partial charge in [0.1, 0.15) is 0 Å². The average molecular weight is 301 g/mol. The lowest BCUT2D eigenvalue weighted by Gasteiger charge is -2.22. The van der Waals surface area contributed by atoms with E-state index < -0.39 is 9.84 Å². The fourth-order valence-electron chi connectivity index (χ4n) is 3.17. The van der Waals surface area contributed by atoms with Gasteiger partial charge in [0, 0.05) is 11.8 Å². The second kappa shape index (κ2) is 5.28. The van der Waals surface area contributed by atoms with E-state index in [9.17, 15) is 8.42 Å². The molecule has 3 rings (SSSR count). The van der Waals surface area contributed by atoms with Gasteiger partial charge in [0.05, 0.1) is 10.6 Å². The Morgan fingerprint density at radius 1 is 1.14 bits per heavy atom. The Labute approximate surface area is 125 Å². The van der Waals surface area contributed by atoms with Gasteiger partial charge in [-0.05, 0) is 30.7 Å². The van der Waals surface area contributed by atoms with Gasteiger partial charge in [-0.3, -0.25) is 0 Å². The standard InChI is InChI=1S/C17H19NO2S/c1-12-6-8-13(9-7-12)15(10-18)16-11-21(19,20)17-5-3-2-4-14(16)17/h2-9,15-16H,10-11,18H2,1H3. The molecule has 1 aliphatic rings. The monoisotopic (exact) mass is 301 g/mol. The van der Waals surface area contributed by atoms with E-state index in [1.165, 1.54) is 5.56 Å². The molecule has 2 atom stereocenters. The first-order valence-corrected chi connectivity index (χ1v) is 8.76. The number of hydrogen-bond donors (Lipinski definition) is 1.